The molecular formula is C23H16Cl2N4O4. The molecule has 0 saturated heterocycles. The summed E-state index contributed by atoms with van der Waals surface area (Å²) < 4.78 is 5.81. The minimum atomic E-state index is -0.563. The first-order valence-corrected chi connectivity index (χ1v) is 10.4. The van der Waals surface area contributed by atoms with Crippen LogP contribution < -0.4 is 10.1 Å². The molecule has 0 aliphatic heterocycles. The zero-order valence-corrected chi connectivity index (χ0v) is 18.6. The molecule has 0 saturated carbocycles. The summed E-state index contributed by atoms with van der Waals surface area (Å²) >= 11 is 11.9. The van der Waals surface area contributed by atoms with Crippen LogP contribution in [0.5, 0.6) is 11.5 Å². The van der Waals surface area contributed by atoms with E-state index >= 15 is 0 Å². The SMILES string of the molecule is Cc1cc(Cl)ccc1Oc1cc(NC(=O)c2cc(-c3ccc(Cl)cc3)n[nH]2)cc([N+](=O)[O-])c1. The lowest BCUT2D eigenvalue weighted by Gasteiger charge is -2.11. The van der Waals surface area contributed by atoms with Crippen LogP contribution in [0.2, 0.25) is 10.0 Å². The monoisotopic (exact) mass is 482 g/mol. The van der Waals surface area contributed by atoms with Gasteiger partial charge in [-0.15, -0.1) is 0 Å². The van der Waals surface area contributed by atoms with Gasteiger partial charge in [0.25, 0.3) is 11.6 Å². The van der Waals surface area contributed by atoms with Crippen molar-refractivity contribution in [3.63, 3.8) is 0 Å². The Labute approximate surface area is 198 Å². The Bertz CT molecular complexity index is 1350. The van der Waals surface area contributed by atoms with Gasteiger partial charge in [-0.3, -0.25) is 20.0 Å². The summed E-state index contributed by atoms with van der Waals surface area (Å²) in [7, 11) is 0. The van der Waals surface area contributed by atoms with Gasteiger partial charge in [-0.25, -0.2) is 0 Å². The number of nitrogens with zero attached hydrogens (tertiary/aromatic N) is 2. The zero-order valence-electron chi connectivity index (χ0n) is 17.1. The van der Waals surface area contributed by atoms with E-state index < -0.39 is 10.8 Å². The van der Waals surface area contributed by atoms with Crippen LogP contribution in [0.1, 0.15) is 16.1 Å². The Balaban J connectivity index is 1.57. The Hall–Kier alpha value is -3.88. The van der Waals surface area contributed by atoms with Crippen LogP contribution in [0.4, 0.5) is 11.4 Å². The predicted octanol–water partition coefficient (Wildman–Crippen LogP) is 6.64. The standard InChI is InChI=1S/C23H16Cl2N4O4/c1-13-8-16(25)6-7-22(13)33-19-10-17(9-18(11-19)29(31)32)26-23(30)21-12-20(27-28-21)14-2-4-15(24)5-3-14/h2-12H,1H3,(H,26,30)(H,27,28). The van der Waals surface area contributed by atoms with Crippen LogP contribution in [0, 0.1) is 17.0 Å². The van der Waals surface area contributed by atoms with Crippen LogP contribution in [0.3, 0.4) is 0 Å². The molecule has 2 N–H and O–H groups in total. The molecule has 1 amide bonds. The Morgan fingerprint density at radius 2 is 1.76 bits per heavy atom. The highest BCUT2D eigenvalue weighted by atomic mass is 35.5. The summed E-state index contributed by atoms with van der Waals surface area (Å²) in [6, 6.07) is 17.6. The van der Waals surface area contributed by atoms with Crippen molar-refractivity contribution in [1.29, 1.82) is 0 Å². The maximum absolute atomic E-state index is 12.7. The smallest absolute Gasteiger partial charge is 0.275 e. The molecule has 0 fully saturated rings. The number of aromatic nitrogens is 2. The topological polar surface area (TPSA) is 110 Å². The second-order valence-corrected chi connectivity index (χ2v) is 7.99. The van der Waals surface area contributed by atoms with Crippen molar-refractivity contribution < 1.29 is 14.5 Å². The minimum absolute atomic E-state index is 0.183. The van der Waals surface area contributed by atoms with Crippen LogP contribution in [0.25, 0.3) is 11.3 Å². The first kappa shape index (κ1) is 22.3. The Kier molecular flexibility index (Phi) is 6.30. The molecule has 10 heteroatoms. The number of halogens is 2. The van der Waals surface area contributed by atoms with Crippen molar-refractivity contribution in [2.45, 2.75) is 6.92 Å². The Morgan fingerprint density at radius 1 is 1.03 bits per heavy atom. The molecule has 0 bridgehead atoms. The second-order valence-electron chi connectivity index (χ2n) is 7.11. The molecule has 0 unspecified atom stereocenters. The number of nitrogens with one attached hydrogen (secondary N) is 2. The fourth-order valence-electron chi connectivity index (χ4n) is 3.08. The van der Waals surface area contributed by atoms with E-state index in [1.54, 1.807) is 55.5 Å². The third kappa shape index (κ3) is 5.31. The van der Waals surface area contributed by atoms with Crippen molar-refractivity contribution in [3.8, 4) is 22.8 Å². The van der Waals surface area contributed by atoms with E-state index in [0.717, 1.165) is 11.1 Å². The van der Waals surface area contributed by atoms with Gasteiger partial charge in [-0.05, 0) is 48.9 Å². The number of nitro groups is 1. The number of H-pyrrole nitrogens is 1. The van der Waals surface area contributed by atoms with E-state index in [-0.39, 0.29) is 22.8 Å². The molecule has 0 radical (unpaired) electrons. The second kappa shape index (κ2) is 9.32. The molecule has 0 atom stereocenters. The number of non-ortho nitro benzene ring substituents is 1. The molecule has 3 aromatic carbocycles. The summed E-state index contributed by atoms with van der Waals surface area (Å²) in [6.07, 6.45) is 0. The van der Waals surface area contributed by atoms with E-state index in [9.17, 15) is 14.9 Å². The molecule has 1 aromatic heterocycles. The van der Waals surface area contributed by atoms with Gasteiger partial charge in [0.2, 0.25) is 0 Å². The minimum Gasteiger partial charge on any atom is -0.457 e. The molecule has 33 heavy (non-hydrogen) atoms. The highest BCUT2D eigenvalue weighted by Crippen LogP contribution is 2.32. The number of amides is 1. The largest absolute Gasteiger partial charge is 0.457 e. The number of hydrogen-bond donors (Lipinski definition) is 2. The highest BCUT2D eigenvalue weighted by Gasteiger charge is 2.16. The molecule has 4 aromatic rings. The normalized spacial score (nSPS) is 10.6. The van der Waals surface area contributed by atoms with Gasteiger partial charge in [0.05, 0.1) is 22.4 Å². The quantitative estimate of drug-likeness (QED) is 0.236. The van der Waals surface area contributed by atoms with Crippen molar-refractivity contribution in [3.05, 3.63) is 98.1 Å². The maximum atomic E-state index is 12.7. The van der Waals surface area contributed by atoms with Crippen LogP contribution in [-0.4, -0.2) is 21.0 Å². The summed E-state index contributed by atoms with van der Waals surface area (Å²) in [6.45, 7) is 1.80. The van der Waals surface area contributed by atoms with E-state index in [2.05, 4.69) is 15.5 Å². The van der Waals surface area contributed by atoms with E-state index in [1.807, 2.05) is 0 Å². The average Bonchev–Trinajstić information content (AvgIpc) is 3.26. The summed E-state index contributed by atoms with van der Waals surface area (Å²) in [5, 5.41) is 22.0. The third-order valence-electron chi connectivity index (χ3n) is 4.69. The number of rotatable bonds is 6. The fraction of sp³-hybridized carbons (Fsp3) is 0.0435. The maximum Gasteiger partial charge on any atom is 0.275 e. The van der Waals surface area contributed by atoms with Crippen molar-refractivity contribution in [1.82, 2.24) is 10.2 Å². The third-order valence-corrected chi connectivity index (χ3v) is 5.17. The number of nitro benzene ring substituents is 1. The van der Waals surface area contributed by atoms with Gasteiger partial charge >= 0.3 is 0 Å². The van der Waals surface area contributed by atoms with Gasteiger partial charge < -0.3 is 10.1 Å². The lowest BCUT2D eigenvalue weighted by Crippen LogP contribution is -2.12. The zero-order chi connectivity index (χ0) is 23.5. The number of ether oxygens (including phenoxy) is 1. The molecule has 8 nitrogen and oxygen atoms in total. The molecule has 166 valence electrons. The highest BCUT2D eigenvalue weighted by molar-refractivity contribution is 6.31. The number of anilines is 1. The van der Waals surface area contributed by atoms with Crippen molar-refractivity contribution >= 4 is 40.5 Å². The predicted molar refractivity (Wildman–Crippen MR) is 126 cm³/mol. The van der Waals surface area contributed by atoms with Gasteiger partial charge in [0, 0.05) is 27.7 Å². The van der Waals surface area contributed by atoms with Crippen LogP contribution in [0.15, 0.2) is 66.7 Å². The first-order valence-electron chi connectivity index (χ1n) is 9.65. The number of aromatic amines is 1. The lowest BCUT2D eigenvalue weighted by molar-refractivity contribution is -0.384. The van der Waals surface area contributed by atoms with Crippen molar-refractivity contribution in [2.75, 3.05) is 5.32 Å². The van der Waals surface area contributed by atoms with Gasteiger partial charge in [-0.1, -0.05) is 35.3 Å². The van der Waals surface area contributed by atoms with Gasteiger partial charge in [0.1, 0.15) is 17.2 Å². The number of carbonyl (C=O) groups excluding carboxylic acids is 1. The number of hydrogen-bond acceptors (Lipinski definition) is 5. The lowest BCUT2D eigenvalue weighted by atomic mass is 10.1. The van der Waals surface area contributed by atoms with Gasteiger partial charge in [-0.2, -0.15) is 5.10 Å². The summed E-state index contributed by atoms with van der Waals surface area (Å²) in [5.74, 6) is 0.159. The van der Waals surface area contributed by atoms with E-state index in [1.165, 1.54) is 18.2 Å². The fourth-order valence-corrected chi connectivity index (χ4v) is 3.43. The number of aryl methyl sites for hydroxylation is 1. The number of carbonyl (C=O) groups is 1. The summed E-state index contributed by atoms with van der Waals surface area (Å²) in [5.41, 5.74) is 2.23. The van der Waals surface area contributed by atoms with E-state index in [0.29, 0.717) is 21.5 Å². The first-order chi connectivity index (χ1) is 15.8. The van der Waals surface area contributed by atoms with E-state index in [4.69, 9.17) is 27.9 Å². The molecule has 0 aliphatic carbocycles. The van der Waals surface area contributed by atoms with Gasteiger partial charge in [0.15, 0.2) is 0 Å². The average molecular weight is 483 g/mol. The Morgan fingerprint density at radius 3 is 2.45 bits per heavy atom. The number of benzene rings is 3. The van der Waals surface area contributed by atoms with Crippen LogP contribution in [-0.2, 0) is 0 Å². The van der Waals surface area contributed by atoms with Crippen molar-refractivity contribution in [2.24, 2.45) is 0 Å². The molecule has 4 rings (SSSR count). The molecule has 1 heterocycles. The van der Waals surface area contributed by atoms with Crippen LogP contribution >= 0.6 is 23.2 Å². The molecule has 0 spiro atoms. The molecular weight excluding hydrogens is 467 g/mol. The molecule has 0 aliphatic rings. The summed E-state index contributed by atoms with van der Waals surface area (Å²) in [4.78, 5) is 23.6.